The Balaban J connectivity index is 1.79. The van der Waals surface area contributed by atoms with Gasteiger partial charge in [0.2, 0.25) is 0 Å². The number of halogens is 1. The molecular weight excluding hydrogens is 287 g/mol. The Labute approximate surface area is 127 Å². The van der Waals surface area contributed by atoms with Crippen LogP contribution in [0.1, 0.15) is 33.3 Å². The van der Waals surface area contributed by atoms with Crippen LogP contribution in [0, 0.1) is 5.82 Å². The number of hydrazine groups is 1. The summed E-state index contributed by atoms with van der Waals surface area (Å²) in [6.45, 7) is 0. The van der Waals surface area contributed by atoms with E-state index in [1.165, 1.54) is 47.8 Å². The molecule has 0 amide bonds. The number of ether oxygens (including phenoxy) is 1. The Morgan fingerprint density at radius 1 is 1.38 bits per heavy atom. The molecule has 5 heteroatoms. The van der Waals surface area contributed by atoms with Gasteiger partial charge in [0, 0.05) is 9.75 Å². The summed E-state index contributed by atoms with van der Waals surface area (Å²) in [4.78, 5) is 2.71. The number of fused-ring (bicyclic) bond motifs is 1. The minimum absolute atomic E-state index is 0.0217. The molecule has 3 N–H and O–H groups in total. The Morgan fingerprint density at radius 3 is 2.90 bits per heavy atom. The SMILES string of the molecule is COc1ccc(CC(NN)c2cc3c(s2)CCC3)cc1F. The summed E-state index contributed by atoms with van der Waals surface area (Å²) in [6, 6.07) is 7.33. The van der Waals surface area contributed by atoms with Crippen molar-refractivity contribution >= 4 is 11.3 Å². The predicted molar refractivity (Wildman–Crippen MR) is 83.1 cm³/mol. The smallest absolute Gasteiger partial charge is 0.165 e. The maximum absolute atomic E-state index is 13.8. The van der Waals surface area contributed by atoms with Gasteiger partial charge in [-0.15, -0.1) is 11.3 Å². The van der Waals surface area contributed by atoms with Gasteiger partial charge in [-0.3, -0.25) is 11.3 Å². The normalized spacial score (nSPS) is 15.0. The Hall–Kier alpha value is -1.43. The van der Waals surface area contributed by atoms with Gasteiger partial charge in [-0.1, -0.05) is 6.07 Å². The van der Waals surface area contributed by atoms with Crippen LogP contribution in [0.15, 0.2) is 24.3 Å². The van der Waals surface area contributed by atoms with Crippen LogP contribution in [0.4, 0.5) is 4.39 Å². The van der Waals surface area contributed by atoms with Crippen molar-refractivity contribution in [3.05, 3.63) is 51.0 Å². The van der Waals surface area contributed by atoms with Crippen molar-refractivity contribution in [2.75, 3.05) is 7.11 Å². The molecule has 0 fully saturated rings. The molecule has 1 aromatic carbocycles. The van der Waals surface area contributed by atoms with Crippen molar-refractivity contribution < 1.29 is 9.13 Å². The number of methoxy groups -OCH3 is 1. The van der Waals surface area contributed by atoms with Crippen LogP contribution >= 0.6 is 11.3 Å². The van der Waals surface area contributed by atoms with Crippen LogP contribution in [-0.2, 0) is 19.3 Å². The minimum atomic E-state index is -0.334. The van der Waals surface area contributed by atoms with E-state index in [1.807, 2.05) is 17.4 Å². The summed E-state index contributed by atoms with van der Waals surface area (Å²) < 4.78 is 18.7. The first-order valence-corrected chi connectivity index (χ1v) is 7.93. The Kier molecular flexibility index (Phi) is 4.24. The summed E-state index contributed by atoms with van der Waals surface area (Å²) in [5, 5.41) is 0. The third kappa shape index (κ3) is 2.95. The van der Waals surface area contributed by atoms with Crippen LogP contribution < -0.4 is 16.0 Å². The second kappa shape index (κ2) is 6.13. The van der Waals surface area contributed by atoms with Crippen molar-refractivity contribution in [1.82, 2.24) is 5.43 Å². The number of hydrogen-bond donors (Lipinski definition) is 2. The summed E-state index contributed by atoms with van der Waals surface area (Å²) >= 11 is 1.82. The van der Waals surface area contributed by atoms with E-state index in [9.17, 15) is 4.39 Å². The average Bonchev–Trinajstić information content (AvgIpc) is 3.06. The highest BCUT2D eigenvalue weighted by Gasteiger charge is 2.20. The zero-order chi connectivity index (χ0) is 14.8. The predicted octanol–water partition coefficient (Wildman–Crippen LogP) is 3.13. The summed E-state index contributed by atoms with van der Waals surface area (Å²) in [6.07, 6.45) is 4.26. The van der Waals surface area contributed by atoms with Crippen LogP contribution in [0.5, 0.6) is 5.75 Å². The number of rotatable bonds is 5. The van der Waals surface area contributed by atoms with Crippen LogP contribution in [-0.4, -0.2) is 7.11 Å². The molecule has 0 radical (unpaired) electrons. The summed E-state index contributed by atoms with van der Waals surface area (Å²) in [5.41, 5.74) is 5.22. The third-order valence-corrected chi connectivity index (χ3v) is 5.32. The molecule has 1 heterocycles. The fraction of sp³-hybridized carbons (Fsp3) is 0.375. The fourth-order valence-electron chi connectivity index (χ4n) is 2.84. The molecule has 1 unspecified atom stereocenters. The Morgan fingerprint density at radius 2 is 2.24 bits per heavy atom. The monoisotopic (exact) mass is 306 g/mol. The van der Waals surface area contributed by atoms with Gasteiger partial charge < -0.3 is 4.74 Å². The quantitative estimate of drug-likeness (QED) is 0.659. The highest BCUT2D eigenvalue weighted by Crippen LogP contribution is 2.34. The number of hydrogen-bond acceptors (Lipinski definition) is 4. The van der Waals surface area contributed by atoms with Gasteiger partial charge in [-0.05, 0) is 55.0 Å². The first-order chi connectivity index (χ1) is 10.2. The van der Waals surface area contributed by atoms with Crippen LogP contribution in [0.3, 0.4) is 0 Å². The first kappa shape index (κ1) is 14.5. The molecule has 112 valence electrons. The minimum Gasteiger partial charge on any atom is -0.494 e. The average molecular weight is 306 g/mol. The van der Waals surface area contributed by atoms with E-state index in [-0.39, 0.29) is 17.6 Å². The molecule has 0 aliphatic heterocycles. The van der Waals surface area contributed by atoms with E-state index in [2.05, 4.69) is 11.5 Å². The van der Waals surface area contributed by atoms with Gasteiger partial charge in [0.25, 0.3) is 0 Å². The molecule has 1 aromatic heterocycles. The summed E-state index contributed by atoms with van der Waals surface area (Å²) in [5.74, 6) is 5.64. The third-order valence-electron chi connectivity index (χ3n) is 3.97. The highest BCUT2D eigenvalue weighted by atomic mass is 32.1. The molecule has 0 saturated carbocycles. The maximum atomic E-state index is 13.8. The molecule has 2 aromatic rings. The van der Waals surface area contributed by atoms with E-state index < -0.39 is 0 Å². The molecule has 3 rings (SSSR count). The van der Waals surface area contributed by atoms with E-state index in [1.54, 1.807) is 6.07 Å². The van der Waals surface area contributed by atoms with Crippen molar-refractivity contribution in [2.45, 2.75) is 31.7 Å². The number of thiophene rings is 1. The Bertz CT molecular complexity index is 620. The van der Waals surface area contributed by atoms with Crippen molar-refractivity contribution in [1.29, 1.82) is 0 Å². The molecule has 0 spiro atoms. The molecular formula is C16H19FN2OS. The standard InChI is InChI=1S/C16H19FN2OS/c1-20-14-6-5-10(7-12(14)17)8-13(19-18)16-9-11-3-2-4-15(11)21-16/h5-7,9,13,19H,2-4,8,18H2,1H3. The van der Waals surface area contributed by atoms with Crippen molar-refractivity contribution in [3.63, 3.8) is 0 Å². The number of nitrogens with two attached hydrogens (primary N) is 1. The van der Waals surface area contributed by atoms with E-state index in [0.717, 1.165) is 5.56 Å². The zero-order valence-electron chi connectivity index (χ0n) is 12.0. The first-order valence-electron chi connectivity index (χ1n) is 7.11. The van der Waals surface area contributed by atoms with Crippen LogP contribution in [0.25, 0.3) is 0 Å². The molecule has 0 saturated heterocycles. The fourth-order valence-corrected chi connectivity index (χ4v) is 4.16. The van der Waals surface area contributed by atoms with Gasteiger partial charge in [-0.2, -0.15) is 0 Å². The highest BCUT2D eigenvalue weighted by molar-refractivity contribution is 7.12. The molecule has 1 aliphatic rings. The lowest BCUT2D eigenvalue weighted by Gasteiger charge is -2.15. The van der Waals surface area contributed by atoms with Crippen molar-refractivity contribution in [2.24, 2.45) is 5.84 Å². The summed E-state index contributed by atoms with van der Waals surface area (Å²) in [7, 11) is 1.47. The van der Waals surface area contributed by atoms with Gasteiger partial charge >= 0.3 is 0 Å². The number of nitrogens with one attached hydrogen (secondary N) is 1. The van der Waals surface area contributed by atoms with E-state index in [0.29, 0.717) is 6.42 Å². The molecule has 0 bridgehead atoms. The van der Waals surface area contributed by atoms with Gasteiger partial charge in [0.15, 0.2) is 11.6 Å². The zero-order valence-corrected chi connectivity index (χ0v) is 12.8. The lowest BCUT2D eigenvalue weighted by Crippen LogP contribution is -2.29. The maximum Gasteiger partial charge on any atom is 0.165 e. The van der Waals surface area contributed by atoms with Gasteiger partial charge in [0.05, 0.1) is 13.2 Å². The van der Waals surface area contributed by atoms with Gasteiger partial charge in [0.1, 0.15) is 0 Å². The second-order valence-electron chi connectivity index (χ2n) is 5.34. The second-order valence-corrected chi connectivity index (χ2v) is 6.51. The lowest BCUT2D eigenvalue weighted by atomic mass is 10.0. The van der Waals surface area contributed by atoms with Crippen molar-refractivity contribution in [3.8, 4) is 5.75 Å². The number of aryl methyl sites for hydroxylation is 2. The largest absolute Gasteiger partial charge is 0.494 e. The lowest BCUT2D eigenvalue weighted by molar-refractivity contribution is 0.386. The van der Waals surface area contributed by atoms with E-state index >= 15 is 0 Å². The molecule has 21 heavy (non-hydrogen) atoms. The molecule has 1 aliphatic carbocycles. The van der Waals surface area contributed by atoms with E-state index in [4.69, 9.17) is 10.6 Å². The molecule has 1 atom stereocenters. The van der Waals surface area contributed by atoms with Crippen LogP contribution in [0.2, 0.25) is 0 Å². The van der Waals surface area contributed by atoms with Gasteiger partial charge in [-0.25, -0.2) is 4.39 Å². The number of benzene rings is 1. The topological polar surface area (TPSA) is 47.3 Å². The molecule has 3 nitrogen and oxygen atoms in total.